The molecule has 35 heavy (non-hydrogen) atoms. The molecule has 1 fully saturated rings. The minimum absolute atomic E-state index is 0.0235. The molecular weight excluding hydrogens is 600 g/mol. The van der Waals surface area contributed by atoms with Gasteiger partial charge in [0.1, 0.15) is 5.75 Å². The fourth-order valence-electron chi connectivity index (χ4n) is 4.23. The summed E-state index contributed by atoms with van der Waals surface area (Å²) in [5, 5.41) is 9.66. The van der Waals surface area contributed by atoms with E-state index in [0.29, 0.717) is 16.4 Å². The Morgan fingerprint density at radius 2 is 1.89 bits per heavy atom. The van der Waals surface area contributed by atoms with E-state index in [-0.39, 0.29) is 41.4 Å². The molecule has 0 unspecified atom stereocenters. The summed E-state index contributed by atoms with van der Waals surface area (Å²) in [5.41, 5.74) is 1.03. The number of amides is 1. The van der Waals surface area contributed by atoms with Gasteiger partial charge in [-0.3, -0.25) is 14.3 Å². The second-order valence-corrected chi connectivity index (χ2v) is 11.2. The van der Waals surface area contributed by atoms with Crippen LogP contribution in [0.3, 0.4) is 0 Å². The van der Waals surface area contributed by atoms with Crippen molar-refractivity contribution in [3.05, 3.63) is 51.1 Å². The largest absolute Gasteiger partial charge is 0.522 e. The zero-order valence-electron chi connectivity index (χ0n) is 18.1. The summed E-state index contributed by atoms with van der Waals surface area (Å²) in [6.07, 6.45) is -3.90. The quantitative estimate of drug-likeness (QED) is 0.376. The van der Waals surface area contributed by atoms with Gasteiger partial charge in [-0.25, -0.2) is 8.42 Å². The predicted octanol–water partition coefficient (Wildman–Crippen LogP) is 3.46. The van der Waals surface area contributed by atoms with Gasteiger partial charge in [0.15, 0.2) is 0 Å². The van der Waals surface area contributed by atoms with Gasteiger partial charge in [0.25, 0.3) is 11.7 Å². The van der Waals surface area contributed by atoms with Gasteiger partial charge in [-0.2, -0.15) is 4.31 Å². The number of phenols is 1. The van der Waals surface area contributed by atoms with Crippen molar-refractivity contribution in [2.75, 3.05) is 24.6 Å². The Morgan fingerprint density at radius 3 is 2.57 bits per heavy atom. The minimum atomic E-state index is -4.87. The lowest BCUT2D eigenvalue weighted by molar-refractivity contribution is -0.327. The Hall–Kier alpha value is -2.23. The van der Waals surface area contributed by atoms with Crippen LogP contribution in [0, 0.1) is 3.57 Å². The summed E-state index contributed by atoms with van der Waals surface area (Å²) in [7, 11) is -4.22. The summed E-state index contributed by atoms with van der Waals surface area (Å²) >= 11 is 1.97. The van der Waals surface area contributed by atoms with Gasteiger partial charge in [-0.05, 0) is 77.7 Å². The van der Waals surface area contributed by atoms with Crippen LogP contribution in [0.2, 0.25) is 0 Å². The first-order valence-corrected chi connectivity index (χ1v) is 13.1. The van der Waals surface area contributed by atoms with E-state index in [9.17, 15) is 36.3 Å². The van der Waals surface area contributed by atoms with Gasteiger partial charge >= 0.3 is 6.36 Å². The fourth-order valence-corrected chi connectivity index (χ4v) is 6.51. The highest BCUT2D eigenvalue weighted by atomic mass is 123. The van der Waals surface area contributed by atoms with Crippen molar-refractivity contribution >= 4 is 50.0 Å². The third kappa shape index (κ3) is 5.32. The number of fused-ring (bicyclic) bond motifs is 1. The van der Waals surface area contributed by atoms with E-state index in [1.807, 2.05) is 22.6 Å². The Kier molecular flexibility index (Phi) is 7.14. The van der Waals surface area contributed by atoms with Crippen molar-refractivity contribution in [2.45, 2.75) is 36.6 Å². The second-order valence-electron chi connectivity index (χ2n) is 8.17. The first-order chi connectivity index (χ1) is 16.4. The van der Waals surface area contributed by atoms with Crippen LogP contribution in [0.5, 0.6) is 5.75 Å². The molecule has 1 amide bonds. The Bertz CT molecular complexity index is 1280. The van der Waals surface area contributed by atoms with Crippen molar-refractivity contribution in [1.29, 1.82) is 0 Å². The first-order valence-electron chi connectivity index (χ1n) is 10.6. The minimum Gasteiger partial charge on any atom is -0.507 e. The number of hydrogen-bond acceptors (Lipinski definition) is 6. The molecule has 13 heteroatoms. The van der Waals surface area contributed by atoms with Crippen LogP contribution >= 0.6 is 22.6 Å². The number of benzene rings is 2. The molecule has 0 aliphatic carbocycles. The summed E-state index contributed by atoms with van der Waals surface area (Å²) < 4.78 is 69.1. The Balaban J connectivity index is 1.55. The zero-order valence-corrected chi connectivity index (χ0v) is 21.1. The lowest BCUT2D eigenvalue weighted by atomic mass is 10.1. The van der Waals surface area contributed by atoms with E-state index in [1.165, 1.54) is 23.1 Å². The maximum atomic E-state index is 13.2. The van der Waals surface area contributed by atoms with Gasteiger partial charge in [-0.1, -0.05) is 6.07 Å². The van der Waals surface area contributed by atoms with Gasteiger partial charge in [-0.15, -0.1) is 13.2 Å². The van der Waals surface area contributed by atoms with Crippen molar-refractivity contribution in [3.8, 4) is 5.75 Å². The molecule has 2 aliphatic rings. The number of phenolic OH excluding ortho intramolecular Hbond substituents is 1. The number of nitrogens with zero attached hydrogens (tertiary/aromatic N) is 2. The number of alkyl halides is 3. The Labute approximate surface area is 212 Å². The van der Waals surface area contributed by atoms with Crippen LogP contribution in [-0.4, -0.2) is 61.6 Å². The molecule has 2 aliphatic heterocycles. The topological polar surface area (TPSA) is 104 Å². The molecule has 2 aromatic carbocycles. The van der Waals surface area contributed by atoms with E-state index >= 15 is 0 Å². The van der Waals surface area contributed by atoms with Crippen LogP contribution in [0.15, 0.2) is 41.3 Å². The smallest absolute Gasteiger partial charge is 0.507 e. The Morgan fingerprint density at radius 1 is 1.14 bits per heavy atom. The van der Waals surface area contributed by atoms with Crippen LogP contribution in [0.1, 0.15) is 28.8 Å². The highest BCUT2D eigenvalue weighted by Crippen LogP contribution is 2.34. The van der Waals surface area contributed by atoms with Crippen molar-refractivity contribution < 1.29 is 41.0 Å². The molecule has 2 aromatic rings. The number of carbonyl (C=O) groups is 2. The molecule has 0 radical (unpaired) electrons. The standard InChI is InChI=1S/C22H20F3IN2O6S/c23-22(24,25)34-12-14-2-1-8-28(14)35(32,33)15-4-5-18-16(11-15)20(30)21(31)27(18)9-7-13-3-6-19(29)17(26)10-13/h3-6,10-11,14,29H,1-2,7-9,12H2/t14-/m0/s1/i26-4. The van der Waals surface area contributed by atoms with Crippen LogP contribution in [-0.2, 0) is 26.0 Å². The maximum absolute atomic E-state index is 13.2. The molecule has 0 aromatic heterocycles. The van der Waals surface area contributed by atoms with Crippen molar-refractivity contribution in [2.24, 2.45) is 0 Å². The summed E-state index contributed by atoms with van der Waals surface area (Å²) in [6.45, 7) is -0.641. The normalized spacial score (nSPS) is 19.0. The third-order valence-electron chi connectivity index (χ3n) is 5.95. The van der Waals surface area contributed by atoms with E-state index < -0.39 is 40.7 Å². The number of rotatable bonds is 7. The van der Waals surface area contributed by atoms with Gasteiger partial charge in [0.2, 0.25) is 10.0 Å². The van der Waals surface area contributed by atoms with E-state index in [1.54, 1.807) is 12.1 Å². The average molecular weight is 620 g/mol. The number of Topliss-reactive ketones (excluding diaryl/α,β-unsaturated/α-hetero) is 1. The zero-order chi connectivity index (χ0) is 25.5. The third-order valence-corrected chi connectivity index (χ3v) is 8.76. The molecule has 0 saturated carbocycles. The molecular formula is C22H20F3IN2O6S. The number of anilines is 1. The molecule has 1 N–H and O–H groups in total. The number of ketones is 1. The molecule has 0 bridgehead atoms. The van der Waals surface area contributed by atoms with Crippen molar-refractivity contribution in [3.63, 3.8) is 0 Å². The van der Waals surface area contributed by atoms with Crippen LogP contribution in [0.25, 0.3) is 0 Å². The van der Waals surface area contributed by atoms with Crippen LogP contribution < -0.4 is 4.90 Å². The van der Waals surface area contributed by atoms with Gasteiger partial charge < -0.3 is 10.0 Å². The highest BCUT2D eigenvalue weighted by Gasteiger charge is 2.41. The monoisotopic (exact) mass is 620 g/mol. The van der Waals surface area contributed by atoms with Crippen molar-refractivity contribution in [1.82, 2.24) is 4.31 Å². The predicted molar refractivity (Wildman–Crippen MR) is 127 cm³/mol. The van der Waals surface area contributed by atoms with Crippen LogP contribution in [0.4, 0.5) is 18.9 Å². The molecule has 1 atom stereocenters. The second kappa shape index (κ2) is 9.67. The fraction of sp³-hybridized carbons (Fsp3) is 0.364. The first kappa shape index (κ1) is 25.9. The molecule has 0 spiro atoms. The van der Waals surface area contributed by atoms with E-state index in [2.05, 4.69) is 4.74 Å². The molecule has 1 saturated heterocycles. The number of carbonyl (C=O) groups excluding carboxylic acids is 2. The maximum Gasteiger partial charge on any atom is 0.522 e. The SMILES string of the molecule is O=C1C(=O)N(CCc2ccc(O)c([123I])c2)c2ccc(S(=O)(=O)N3CCC[C@H]3COC(F)(F)F)cc21. The number of ether oxygens (including phenoxy) is 1. The summed E-state index contributed by atoms with van der Waals surface area (Å²) in [6, 6.07) is 7.71. The molecule has 8 nitrogen and oxygen atoms in total. The molecule has 188 valence electrons. The highest BCUT2D eigenvalue weighted by molar-refractivity contribution is 14.1. The lowest BCUT2D eigenvalue weighted by Gasteiger charge is -2.24. The lowest BCUT2D eigenvalue weighted by Crippen LogP contribution is -2.39. The van der Waals surface area contributed by atoms with E-state index in [0.717, 1.165) is 15.9 Å². The number of sulfonamides is 1. The van der Waals surface area contributed by atoms with Gasteiger partial charge in [0.05, 0.1) is 26.3 Å². The number of halogens is 4. The average Bonchev–Trinajstić information content (AvgIpc) is 3.37. The van der Waals surface area contributed by atoms with E-state index in [4.69, 9.17) is 0 Å². The summed E-state index contributed by atoms with van der Waals surface area (Å²) in [4.78, 5) is 26.2. The molecule has 2 heterocycles. The number of hydrogen-bond donors (Lipinski definition) is 1. The summed E-state index contributed by atoms with van der Waals surface area (Å²) in [5.74, 6) is -1.51. The number of aromatic hydroxyl groups is 1. The molecule has 4 rings (SSSR count). The van der Waals surface area contributed by atoms with Gasteiger partial charge in [0, 0.05) is 19.1 Å².